The van der Waals surface area contributed by atoms with Gasteiger partial charge in [-0.2, -0.15) is 10.2 Å². The van der Waals surface area contributed by atoms with Crippen molar-refractivity contribution in [1.29, 1.82) is 5.26 Å². The van der Waals surface area contributed by atoms with Crippen LogP contribution in [-0.2, 0) is 16.1 Å². The van der Waals surface area contributed by atoms with Crippen LogP contribution in [0.25, 0.3) is 17.2 Å². The summed E-state index contributed by atoms with van der Waals surface area (Å²) in [5.74, 6) is -0.216. The van der Waals surface area contributed by atoms with Gasteiger partial charge in [0.15, 0.2) is 11.2 Å². The fraction of sp³-hybridized carbons (Fsp3) is 0.409. The quantitative estimate of drug-likeness (QED) is 0.180. The lowest BCUT2D eigenvalue weighted by molar-refractivity contribution is -0.116. The summed E-state index contributed by atoms with van der Waals surface area (Å²) in [6.07, 6.45) is 4.09. The standard InChI is InChI=1S/C22H24N8O7/c23-4-1-7-36-21-18-19(25-11-26-21)29(12-27-18)6-5-24-16(33)3-2-13-9-30(22(35)28-20(13)34)17-8-14(32)15(10-31)37-17/h2-3,9,11-12,14-15,17,31-32H,1,5-8,10H2,(H,24,33)(H,28,34,35)/b3-2+/t14?,15-,17-/m1/s1. The summed E-state index contributed by atoms with van der Waals surface area (Å²) in [6, 6.07) is 1.98. The van der Waals surface area contributed by atoms with Crippen molar-refractivity contribution < 1.29 is 24.5 Å². The van der Waals surface area contributed by atoms with Gasteiger partial charge in [0.05, 0.1) is 37.1 Å². The van der Waals surface area contributed by atoms with Gasteiger partial charge in [-0.25, -0.2) is 14.8 Å². The molecule has 1 saturated heterocycles. The molecule has 37 heavy (non-hydrogen) atoms. The summed E-state index contributed by atoms with van der Waals surface area (Å²) >= 11 is 0. The van der Waals surface area contributed by atoms with E-state index in [4.69, 9.17) is 14.7 Å². The zero-order chi connectivity index (χ0) is 26.4. The molecule has 194 valence electrons. The molecule has 0 aromatic carbocycles. The Balaban J connectivity index is 1.37. The number of nitriles is 1. The monoisotopic (exact) mass is 512 g/mol. The number of hydrogen-bond acceptors (Lipinski definition) is 11. The van der Waals surface area contributed by atoms with Gasteiger partial charge in [-0.3, -0.25) is 19.1 Å². The molecule has 0 saturated carbocycles. The van der Waals surface area contributed by atoms with Crippen LogP contribution in [0, 0.1) is 11.3 Å². The van der Waals surface area contributed by atoms with E-state index in [0.717, 1.165) is 10.6 Å². The minimum absolute atomic E-state index is 0.0292. The van der Waals surface area contributed by atoms with Crippen LogP contribution in [0.2, 0.25) is 0 Å². The first-order valence-electron chi connectivity index (χ1n) is 11.3. The summed E-state index contributed by atoms with van der Waals surface area (Å²) in [6.45, 7) is 0.317. The van der Waals surface area contributed by atoms with E-state index in [2.05, 4.69) is 25.3 Å². The molecule has 0 aliphatic carbocycles. The number of hydrogen-bond donors (Lipinski definition) is 4. The minimum Gasteiger partial charge on any atom is -0.475 e. The number of fused-ring (bicyclic) bond motifs is 1. The summed E-state index contributed by atoms with van der Waals surface area (Å²) < 4.78 is 13.7. The van der Waals surface area contributed by atoms with Crippen molar-refractivity contribution in [3.05, 3.63) is 51.3 Å². The van der Waals surface area contributed by atoms with Gasteiger partial charge in [-0.1, -0.05) is 0 Å². The lowest BCUT2D eigenvalue weighted by atomic mass is 10.2. The van der Waals surface area contributed by atoms with Crippen LogP contribution in [0.4, 0.5) is 0 Å². The molecule has 15 nitrogen and oxygen atoms in total. The number of aliphatic hydroxyl groups is 2. The summed E-state index contributed by atoms with van der Waals surface area (Å²) in [5.41, 5.74) is -0.466. The molecule has 3 aromatic rings. The molecule has 1 aliphatic rings. The fourth-order valence-corrected chi connectivity index (χ4v) is 3.73. The van der Waals surface area contributed by atoms with E-state index in [9.17, 15) is 24.6 Å². The third-order valence-electron chi connectivity index (χ3n) is 5.58. The molecule has 0 spiro atoms. The van der Waals surface area contributed by atoms with Crippen molar-refractivity contribution >= 4 is 23.1 Å². The highest BCUT2D eigenvalue weighted by Crippen LogP contribution is 2.27. The van der Waals surface area contributed by atoms with Crippen LogP contribution >= 0.6 is 0 Å². The first-order valence-corrected chi connectivity index (χ1v) is 11.3. The van der Waals surface area contributed by atoms with Gasteiger partial charge in [-0.05, 0) is 6.08 Å². The highest BCUT2D eigenvalue weighted by atomic mass is 16.5. The molecule has 4 heterocycles. The normalized spacial score (nSPS) is 19.3. The molecule has 4 rings (SSSR count). The van der Waals surface area contributed by atoms with Gasteiger partial charge < -0.3 is 29.6 Å². The van der Waals surface area contributed by atoms with Crippen LogP contribution in [-0.4, -0.2) is 77.2 Å². The second-order valence-electron chi connectivity index (χ2n) is 8.04. The van der Waals surface area contributed by atoms with Crippen LogP contribution in [0.3, 0.4) is 0 Å². The first-order chi connectivity index (χ1) is 17.9. The Morgan fingerprint density at radius 1 is 1.38 bits per heavy atom. The second kappa shape index (κ2) is 11.6. The van der Waals surface area contributed by atoms with Crippen LogP contribution < -0.4 is 21.3 Å². The maximum atomic E-state index is 12.3. The predicted octanol–water partition coefficient (Wildman–Crippen LogP) is -1.56. The van der Waals surface area contributed by atoms with Crippen molar-refractivity contribution in [1.82, 2.24) is 34.4 Å². The van der Waals surface area contributed by atoms with Gasteiger partial charge in [0.25, 0.3) is 5.56 Å². The molecule has 1 unspecified atom stereocenters. The summed E-state index contributed by atoms with van der Waals surface area (Å²) in [4.78, 5) is 51.3. The smallest absolute Gasteiger partial charge is 0.330 e. The number of nitrogens with zero attached hydrogens (tertiary/aromatic N) is 6. The molecule has 1 fully saturated rings. The molecule has 3 aromatic heterocycles. The number of carbonyl (C=O) groups is 1. The van der Waals surface area contributed by atoms with E-state index in [1.54, 1.807) is 4.57 Å². The van der Waals surface area contributed by atoms with Crippen molar-refractivity contribution in [2.75, 3.05) is 19.8 Å². The predicted molar refractivity (Wildman–Crippen MR) is 126 cm³/mol. The van der Waals surface area contributed by atoms with E-state index in [0.29, 0.717) is 17.7 Å². The Labute approximate surface area is 208 Å². The number of aliphatic hydroxyl groups excluding tert-OH is 2. The van der Waals surface area contributed by atoms with Gasteiger partial charge in [0, 0.05) is 31.8 Å². The van der Waals surface area contributed by atoms with Crippen LogP contribution in [0.15, 0.2) is 34.5 Å². The number of nitrogens with one attached hydrogen (secondary N) is 2. The van der Waals surface area contributed by atoms with Gasteiger partial charge >= 0.3 is 5.69 Å². The number of imidazole rings is 1. The lowest BCUT2D eigenvalue weighted by Crippen LogP contribution is -2.33. The first kappa shape index (κ1) is 25.7. The van der Waals surface area contributed by atoms with E-state index in [1.165, 1.54) is 24.9 Å². The Morgan fingerprint density at radius 3 is 2.97 bits per heavy atom. The largest absolute Gasteiger partial charge is 0.475 e. The maximum absolute atomic E-state index is 12.3. The highest BCUT2D eigenvalue weighted by Gasteiger charge is 2.35. The Hall–Kier alpha value is -4.39. The van der Waals surface area contributed by atoms with Gasteiger partial charge in [0.1, 0.15) is 25.3 Å². The van der Waals surface area contributed by atoms with E-state index in [-0.39, 0.29) is 37.4 Å². The molecular formula is C22H24N8O7. The van der Waals surface area contributed by atoms with Crippen molar-refractivity contribution in [3.8, 4) is 11.9 Å². The number of aromatic amines is 1. The molecule has 3 atom stereocenters. The van der Waals surface area contributed by atoms with Crippen LogP contribution in [0.5, 0.6) is 5.88 Å². The molecule has 15 heteroatoms. The van der Waals surface area contributed by atoms with Crippen molar-refractivity contribution in [2.45, 2.75) is 37.8 Å². The number of rotatable bonds is 10. The van der Waals surface area contributed by atoms with Crippen molar-refractivity contribution in [2.24, 2.45) is 0 Å². The van der Waals surface area contributed by atoms with Crippen LogP contribution in [0.1, 0.15) is 24.6 Å². The zero-order valence-corrected chi connectivity index (χ0v) is 19.5. The zero-order valence-electron chi connectivity index (χ0n) is 19.5. The Bertz CT molecular complexity index is 1450. The molecular weight excluding hydrogens is 488 g/mol. The summed E-state index contributed by atoms with van der Waals surface area (Å²) in [7, 11) is 0. The number of H-pyrrole nitrogens is 1. The number of ether oxygens (including phenoxy) is 2. The molecule has 0 radical (unpaired) electrons. The molecule has 1 amide bonds. The lowest BCUT2D eigenvalue weighted by Gasteiger charge is -2.14. The molecule has 4 N–H and O–H groups in total. The second-order valence-corrected chi connectivity index (χ2v) is 8.04. The number of carbonyl (C=O) groups excluding carboxylic acids is 1. The average Bonchev–Trinajstić information content (AvgIpc) is 3.47. The van der Waals surface area contributed by atoms with E-state index in [1.807, 2.05) is 6.07 Å². The topological polar surface area (TPSA) is 210 Å². The van der Waals surface area contributed by atoms with E-state index >= 15 is 0 Å². The SMILES string of the molecule is N#CCCOc1ncnc2c1ncn2CCNC(=O)/C=C/c1cn([C@H]2CC(O)[C@@H](CO)O2)c(=O)[nH]c1=O. The van der Waals surface area contributed by atoms with Crippen molar-refractivity contribution in [3.63, 3.8) is 0 Å². The highest BCUT2D eigenvalue weighted by molar-refractivity contribution is 5.91. The van der Waals surface area contributed by atoms with E-state index < -0.39 is 42.2 Å². The molecule has 0 bridgehead atoms. The number of amides is 1. The maximum Gasteiger partial charge on any atom is 0.330 e. The third-order valence-corrected chi connectivity index (χ3v) is 5.58. The number of aromatic nitrogens is 6. The third kappa shape index (κ3) is 5.89. The molecule has 1 aliphatic heterocycles. The Kier molecular flexibility index (Phi) is 8.03. The van der Waals surface area contributed by atoms with Gasteiger partial charge in [-0.15, -0.1) is 0 Å². The fourth-order valence-electron chi connectivity index (χ4n) is 3.73. The summed E-state index contributed by atoms with van der Waals surface area (Å²) in [5, 5.41) is 30.5. The Morgan fingerprint density at radius 2 is 2.22 bits per heavy atom. The minimum atomic E-state index is -0.958. The average molecular weight is 512 g/mol. The van der Waals surface area contributed by atoms with Gasteiger partial charge in [0.2, 0.25) is 11.8 Å².